The number of hydrogen-bond donors (Lipinski definition) is 1. The van der Waals surface area contributed by atoms with Gasteiger partial charge in [-0.1, -0.05) is 66.7 Å². The van der Waals surface area contributed by atoms with E-state index in [1.165, 1.54) is 0 Å². The Kier molecular flexibility index (Phi) is 3.82. The van der Waals surface area contributed by atoms with Crippen molar-refractivity contribution in [3.05, 3.63) is 97.1 Å². The fraction of sp³-hybridized carbons (Fsp3) is 0. The lowest BCUT2D eigenvalue weighted by Gasteiger charge is -2.09. The zero-order chi connectivity index (χ0) is 16.2. The molecule has 0 saturated carbocycles. The van der Waals surface area contributed by atoms with Gasteiger partial charge in [0, 0.05) is 17.3 Å². The SMILES string of the molecule is c1ccc(Nc2cc(-c3ccccc3)nn2-c2ccccc2)cc1. The van der Waals surface area contributed by atoms with Gasteiger partial charge in [-0.2, -0.15) is 5.10 Å². The Hall–Kier alpha value is -3.33. The minimum atomic E-state index is 0.936. The summed E-state index contributed by atoms with van der Waals surface area (Å²) in [4.78, 5) is 0. The number of rotatable bonds is 4. The highest BCUT2D eigenvalue weighted by Gasteiger charge is 2.11. The second kappa shape index (κ2) is 6.42. The van der Waals surface area contributed by atoms with Gasteiger partial charge in [-0.25, -0.2) is 4.68 Å². The average Bonchev–Trinajstić information content (AvgIpc) is 3.08. The highest BCUT2D eigenvalue weighted by atomic mass is 15.3. The molecule has 3 nitrogen and oxygen atoms in total. The predicted octanol–water partition coefficient (Wildman–Crippen LogP) is 5.28. The Labute approximate surface area is 141 Å². The molecule has 0 spiro atoms. The van der Waals surface area contributed by atoms with Gasteiger partial charge >= 0.3 is 0 Å². The summed E-state index contributed by atoms with van der Waals surface area (Å²) in [6.07, 6.45) is 0. The average molecular weight is 311 g/mol. The summed E-state index contributed by atoms with van der Waals surface area (Å²) in [6.45, 7) is 0. The van der Waals surface area contributed by atoms with Crippen molar-refractivity contribution in [1.29, 1.82) is 0 Å². The van der Waals surface area contributed by atoms with Gasteiger partial charge in [0.15, 0.2) is 0 Å². The second-order valence-corrected chi connectivity index (χ2v) is 5.52. The third kappa shape index (κ3) is 2.92. The predicted molar refractivity (Wildman–Crippen MR) is 98.7 cm³/mol. The number of anilines is 2. The molecule has 3 aromatic carbocycles. The minimum absolute atomic E-state index is 0.936. The molecule has 0 atom stereocenters. The van der Waals surface area contributed by atoms with Gasteiger partial charge in [-0.15, -0.1) is 0 Å². The van der Waals surface area contributed by atoms with Crippen molar-refractivity contribution in [3.8, 4) is 16.9 Å². The normalized spacial score (nSPS) is 10.5. The lowest BCUT2D eigenvalue weighted by atomic mass is 10.1. The molecule has 1 heterocycles. The molecule has 0 amide bonds. The van der Waals surface area contributed by atoms with E-state index in [-0.39, 0.29) is 0 Å². The van der Waals surface area contributed by atoms with Gasteiger partial charge in [0.2, 0.25) is 0 Å². The Morgan fingerprint density at radius 2 is 1.25 bits per heavy atom. The van der Waals surface area contributed by atoms with Crippen molar-refractivity contribution < 1.29 is 0 Å². The van der Waals surface area contributed by atoms with E-state index in [9.17, 15) is 0 Å². The molecule has 0 aliphatic carbocycles. The number of nitrogens with zero attached hydrogens (tertiary/aromatic N) is 2. The molecular formula is C21H17N3. The fourth-order valence-electron chi connectivity index (χ4n) is 2.66. The number of nitrogens with one attached hydrogen (secondary N) is 1. The molecular weight excluding hydrogens is 294 g/mol. The molecule has 1 aromatic heterocycles. The van der Waals surface area contributed by atoms with Gasteiger partial charge in [-0.05, 0) is 24.3 Å². The summed E-state index contributed by atoms with van der Waals surface area (Å²) in [7, 11) is 0. The maximum atomic E-state index is 4.80. The van der Waals surface area contributed by atoms with Crippen LogP contribution in [0.5, 0.6) is 0 Å². The van der Waals surface area contributed by atoms with Crippen LogP contribution >= 0.6 is 0 Å². The van der Waals surface area contributed by atoms with Crippen LogP contribution in [-0.2, 0) is 0 Å². The van der Waals surface area contributed by atoms with Crippen molar-refractivity contribution in [2.75, 3.05) is 5.32 Å². The Morgan fingerprint density at radius 1 is 0.667 bits per heavy atom. The summed E-state index contributed by atoms with van der Waals surface area (Å²) in [5, 5.41) is 8.26. The molecule has 1 N–H and O–H groups in total. The van der Waals surface area contributed by atoms with Crippen LogP contribution in [0.15, 0.2) is 97.1 Å². The number of benzene rings is 3. The van der Waals surface area contributed by atoms with Crippen LogP contribution in [0.3, 0.4) is 0 Å². The zero-order valence-electron chi connectivity index (χ0n) is 13.1. The largest absolute Gasteiger partial charge is 0.340 e. The topological polar surface area (TPSA) is 29.9 Å². The van der Waals surface area contributed by atoms with E-state index in [4.69, 9.17) is 5.10 Å². The molecule has 0 unspecified atom stereocenters. The standard InChI is InChI=1S/C21H17N3/c1-4-10-17(11-5-1)20-16-21(22-18-12-6-2-7-13-18)24(23-20)19-14-8-3-9-15-19/h1-16,22H. The van der Waals surface area contributed by atoms with Crippen LogP contribution in [0.25, 0.3) is 16.9 Å². The molecule has 4 rings (SSSR count). The lowest BCUT2D eigenvalue weighted by molar-refractivity contribution is 0.892. The van der Waals surface area contributed by atoms with E-state index in [2.05, 4.69) is 35.6 Å². The Bertz CT molecular complexity index is 913. The van der Waals surface area contributed by atoms with Crippen LogP contribution in [0.4, 0.5) is 11.5 Å². The van der Waals surface area contributed by atoms with E-state index < -0.39 is 0 Å². The molecule has 0 saturated heterocycles. The first-order chi connectivity index (χ1) is 11.9. The number of aromatic nitrogens is 2. The first kappa shape index (κ1) is 14.3. The molecule has 0 radical (unpaired) electrons. The minimum Gasteiger partial charge on any atom is -0.340 e. The number of para-hydroxylation sites is 2. The van der Waals surface area contributed by atoms with Gasteiger partial charge in [0.1, 0.15) is 5.82 Å². The maximum absolute atomic E-state index is 4.80. The van der Waals surface area contributed by atoms with Crippen molar-refractivity contribution in [2.24, 2.45) is 0 Å². The first-order valence-corrected chi connectivity index (χ1v) is 7.93. The highest BCUT2D eigenvalue weighted by Crippen LogP contribution is 2.26. The van der Waals surface area contributed by atoms with Crippen LogP contribution in [0, 0.1) is 0 Å². The van der Waals surface area contributed by atoms with E-state index in [0.717, 1.165) is 28.5 Å². The first-order valence-electron chi connectivity index (χ1n) is 7.93. The second-order valence-electron chi connectivity index (χ2n) is 5.52. The van der Waals surface area contributed by atoms with Gasteiger partial charge in [0.05, 0.1) is 11.4 Å². The van der Waals surface area contributed by atoms with Crippen molar-refractivity contribution in [3.63, 3.8) is 0 Å². The molecule has 4 aromatic rings. The maximum Gasteiger partial charge on any atom is 0.134 e. The van der Waals surface area contributed by atoms with Crippen molar-refractivity contribution in [1.82, 2.24) is 9.78 Å². The summed E-state index contributed by atoms with van der Waals surface area (Å²) >= 11 is 0. The molecule has 0 fully saturated rings. The lowest BCUT2D eigenvalue weighted by Crippen LogP contribution is -2.02. The molecule has 24 heavy (non-hydrogen) atoms. The zero-order valence-corrected chi connectivity index (χ0v) is 13.1. The summed E-state index contributed by atoms with van der Waals surface area (Å²) in [5.41, 5.74) is 4.11. The van der Waals surface area contributed by atoms with Crippen LogP contribution < -0.4 is 5.32 Å². The Morgan fingerprint density at radius 3 is 1.92 bits per heavy atom. The van der Waals surface area contributed by atoms with Crippen molar-refractivity contribution >= 4 is 11.5 Å². The van der Waals surface area contributed by atoms with Crippen molar-refractivity contribution in [2.45, 2.75) is 0 Å². The molecule has 0 aliphatic rings. The van der Waals surface area contributed by atoms with Gasteiger partial charge in [-0.3, -0.25) is 0 Å². The van der Waals surface area contributed by atoms with Gasteiger partial charge in [0.25, 0.3) is 0 Å². The van der Waals surface area contributed by atoms with E-state index in [1.54, 1.807) is 0 Å². The third-order valence-corrected chi connectivity index (χ3v) is 3.83. The van der Waals surface area contributed by atoms with Crippen LogP contribution in [-0.4, -0.2) is 9.78 Å². The van der Waals surface area contributed by atoms with Crippen LogP contribution in [0.2, 0.25) is 0 Å². The monoisotopic (exact) mass is 311 g/mol. The molecule has 0 bridgehead atoms. The smallest absolute Gasteiger partial charge is 0.134 e. The van der Waals surface area contributed by atoms with E-state index in [0.29, 0.717) is 0 Å². The summed E-state index contributed by atoms with van der Waals surface area (Å²) in [6, 6.07) is 32.6. The van der Waals surface area contributed by atoms with Crippen LogP contribution in [0.1, 0.15) is 0 Å². The van der Waals surface area contributed by atoms with E-state index >= 15 is 0 Å². The quantitative estimate of drug-likeness (QED) is 0.555. The molecule has 116 valence electrons. The summed E-state index contributed by atoms with van der Waals surface area (Å²) < 4.78 is 1.94. The van der Waals surface area contributed by atoms with E-state index in [1.807, 2.05) is 71.4 Å². The Balaban J connectivity index is 1.80. The fourth-order valence-corrected chi connectivity index (χ4v) is 2.66. The number of hydrogen-bond acceptors (Lipinski definition) is 2. The summed E-state index contributed by atoms with van der Waals surface area (Å²) in [5.74, 6) is 0.936. The molecule has 3 heteroatoms. The highest BCUT2D eigenvalue weighted by molar-refractivity contribution is 5.68. The van der Waals surface area contributed by atoms with Gasteiger partial charge < -0.3 is 5.32 Å². The molecule has 0 aliphatic heterocycles. The third-order valence-electron chi connectivity index (χ3n) is 3.83.